The largest absolute Gasteiger partial charge is 0.469 e. The van der Waals surface area contributed by atoms with Crippen LogP contribution < -0.4 is 5.32 Å². The topological polar surface area (TPSA) is 71.7 Å². The molecule has 0 saturated carbocycles. The van der Waals surface area contributed by atoms with Crippen LogP contribution in [0.1, 0.15) is 31.1 Å². The van der Waals surface area contributed by atoms with E-state index in [0.717, 1.165) is 5.56 Å². The van der Waals surface area contributed by atoms with Gasteiger partial charge in [0.05, 0.1) is 17.3 Å². The number of rotatable bonds is 6. The van der Waals surface area contributed by atoms with E-state index in [1.54, 1.807) is 19.3 Å². The van der Waals surface area contributed by atoms with Crippen molar-refractivity contribution in [3.63, 3.8) is 0 Å². The molecule has 134 valence electrons. The van der Waals surface area contributed by atoms with Crippen molar-refractivity contribution in [2.45, 2.75) is 37.2 Å². The monoisotopic (exact) mass is 343 g/mol. The first kappa shape index (κ1) is 17.7. The van der Waals surface area contributed by atoms with Crippen molar-refractivity contribution in [2.75, 3.05) is 19.8 Å². The van der Waals surface area contributed by atoms with Gasteiger partial charge in [0.1, 0.15) is 5.76 Å². The van der Waals surface area contributed by atoms with E-state index in [-0.39, 0.29) is 12.5 Å². The Kier molecular flexibility index (Phi) is 5.25. The summed E-state index contributed by atoms with van der Waals surface area (Å²) in [5, 5.41) is 13.5. The molecule has 0 spiro atoms. The molecule has 2 aromatic rings. The van der Waals surface area contributed by atoms with Crippen LogP contribution in [0.5, 0.6) is 0 Å². The predicted molar refractivity (Wildman–Crippen MR) is 94.2 cm³/mol. The van der Waals surface area contributed by atoms with Gasteiger partial charge in [0.15, 0.2) is 0 Å². The molecule has 0 radical (unpaired) electrons. The molecule has 5 heteroatoms. The molecule has 2 N–H and O–H groups in total. The lowest BCUT2D eigenvalue weighted by Gasteiger charge is -2.37. The molecule has 5 nitrogen and oxygen atoms in total. The van der Waals surface area contributed by atoms with E-state index in [4.69, 9.17) is 9.15 Å². The first-order valence-corrected chi connectivity index (χ1v) is 8.68. The van der Waals surface area contributed by atoms with Crippen LogP contribution in [-0.2, 0) is 21.4 Å². The number of carbonyl (C=O) groups excluding carboxylic acids is 1. The van der Waals surface area contributed by atoms with Crippen molar-refractivity contribution in [1.29, 1.82) is 0 Å². The second-order valence-corrected chi connectivity index (χ2v) is 7.00. The summed E-state index contributed by atoms with van der Waals surface area (Å²) >= 11 is 0. The van der Waals surface area contributed by atoms with E-state index in [9.17, 15) is 9.90 Å². The van der Waals surface area contributed by atoms with Gasteiger partial charge in [-0.25, -0.2) is 0 Å². The molecule has 3 rings (SSSR count). The van der Waals surface area contributed by atoms with Crippen LogP contribution in [0.2, 0.25) is 0 Å². The minimum atomic E-state index is -1.07. The third-order valence-electron chi connectivity index (χ3n) is 4.87. The Morgan fingerprint density at radius 1 is 1.20 bits per heavy atom. The highest BCUT2D eigenvalue weighted by Crippen LogP contribution is 2.35. The van der Waals surface area contributed by atoms with E-state index in [1.165, 1.54) is 0 Å². The number of furan rings is 1. The molecule has 1 aliphatic heterocycles. The normalized spacial score (nSPS) is 19.1. The predicted octanol–water partition coefficient (Wildman–Crippen LogP) is 2.44. The molecular formula is C20H25NO4. The first-order valence-electron chi connectivity index (χ1n) is 8.68. The second-order valence-electron chi connectivity index (χ2n) is 7.00. The van der Waals surface area contributed by atoms with Crippen molar-refractivity contribution in [3.8, 4) is 0 Å². The van der Waals surface area contributed by atoms with Crippen LogP contribution in [0.25, 0.3) is 0 Å². The highest BCUT2D eigenvalue weighted by molar-refractivity contribution is 5.88. The van der Waals surface area contributed by atoms with E-state index >= 15 is 0 Å². The lowest BCUT2D eigenvalue weighted by atomic mass is 9.73. The number of benzene rings is 1. The Morgan fingerprint density at radius 2 is 1.92 bits per heavy atom. The van der Waals surface area contributed by atoms with Gasteiger partial charge in [-0.3, -0.25) is 4.79 Å². The summed E-state index contributed by atoms with van der Waals surface area (Å²) in [7, 11) is 0. The summed E-state index contributed by atoms with van der Waals surface area (Å²) in [6, 6.07) is 13.4. The van der Waals surface area contributed by atoms with Crippen molar-refractivity contribution in [2.24, 2.45) is 0 Å². The number of aliphatic hydroxyl groups is 1. The van der Waals surface area contributed by atoms with E-state index in [0.29, 0.717) is 38.2 Å². The smallest absolute Gasteiger partial charge is 0.230 e. The number of hydrogen-bond donors (Lipinski definition) is 2. The van der Waals surface area contributed by atoms with Crippen LogP contribution in [0.4, 0.5) is 0 Å². The molecule has 1 unspecified atom stereocenters. The SMILES string of the molecule is CC(O)(CNC(=O)C1(c2ccccc2)CCOCC1)Cc1ccco1. The zero-order chi connectivity index (χ0) is 17.8. The molecule has 25 heavy (non-hydrogen) atoms. The molecule has 1 saturated heterocycles. The molecule has 0 aliphatic carbocycles. The average Bonchev–Trinajstić information content (AvgIpc) is 3.13. The fraction of sp³-hybridized carbons (Fsp3) is 0.450. The molecule has 1 amide bonds. The summed E-state index contributed by atoms with van der Waals surface area (Å²) in [6.45, 7) is 2.99. The third-order valence-corrected chi connectivity index (χ3v) is 4.87. The quantitative estimate of drug-likeness (QED) is 0.845. The highest BCUT2D eigenvalue weighted by atomic mass is 16.5. The Morgan fingerprint density at radius 3 is 2.56 bits per heavy atom. The number of carbonyl (C=O) groups is 1. The maximum absolute atomic E-state index is 13.1. The van der Waals surface area contributed by atoms with Crippen LogP contribution in [0.15, 0.2) is 53.1 Å². The zero-order valence-electron chi connectivity index (χ0n) is 14.5. The molecular weight excluding hydrogens is 318 g/mol. The van der Waals surface area contributed by atoms with Gasteiger partial charge < -0.3 is 19.6 Å². The zero-order valence-corrected chi connectivity index (χ0v) is 14.5. The van der Waals surface area contributed by atoms with Gasteiger partial charge in [-0.15, -0.1) is 0 Å². The van der Waals surface area contributed by atoms with Crippen LogP contribution >= 0.6 is 0 Å². The molecule has 1 aliphatic rings. The van der Waals surface area contributed by atoms with Crippen LogP contribution in [-0.4, -0.2) is 36.4 Å². The second kappa shape index (κ2) is 7.42. The number of amides is 1. The van der Waals surface area contributed by atoms with Gasteiger partial charge in [0, 0.05) is 26.2 Å². The maximum Gasteiger partial charge on any atom is 0.230 e. The Labute approximate surface area is 148 Å². The summed E-state index contributed by atoms with van der Waals surface area (Å²) in [5.41, 5.74) is -0.668. The molecule has 0 bridgehead atoms. The van der Waals surface area contributed by atoms with Crippen molar-refractivity contribution < 1.29 is 19.1 Å². The molecule has 1 atom stereocenters. The molecule has 1 aromatic heterocycles. The van der Waals surface area contributed by atoms with Gasteiger partial charge in [-0.1, -0.05) is 30.3 Å². The van der Waals surface area contributed by atoms with E-state index in [1.807, 2.05) is 36.4 Å². The van der Waals surface area contributed by atoms with Gasteiger partial charge >= 0.3 is 0 Å². The summed E-state index contributed by atoms with van der Waals surface area (Å²) in [5.74, 6) is 0.643. The molecule has 1 fully saturated rings. The fourth-order valence-electron chi connectivity index (χ4n) is 3.41. The number of ether oxygens (including phenoxy) is 1. The Hall–Kier alpha value is -2.11. The summed E-state index contributed by atoms with van der Waals surface area (Å²) in [4.78, 5) is 13.1. The summed E-state index contributed by atoms with van der Waals surface area (Å²) < 4.78 is 10.8. The van der Waals surface area contributed by atoms with Gasteiger partial charge in [0.2, 0.25) is 5.91 Å². The summed E-state index contributed by atoms with van der Waals surface area (Å²) in [6.07, 6.45) is 3.21. The average molecular weight is 343 g/mol. The Bertz CT molecular complexity index is 673. The first-order chi connectivity index (χ1) is 12.0. The number of hydrogen-bond acceptors (Lipinski definition) is 4. The van der Waals surface area contributed by atoms with Crippen molar-refractivity contribution >= 4 is 5.91 Å². The fourth-order valence-corrected chi connectivity index (χ4v) is 3.41. The van der Waals surface area contributed by atoms with Crippen LogP contribution in [0, 0.1) is 0 Å². The van der Waals surface area contributed by atoms with Crippen LogP contribution in [0.3, 0.4) is 0 Å². The van der Waals surface area contributed by atoms with E-state index in [2.05, 4.69) is 5.32 Å². The standard InChI is InChI=1S/C20H25NO4/c1-19(23,14-17-8-5-11-25-17)15-21-18(22)20(9-12-24-13-10-20)16-6-3-2-4-7-16/h2-8,11,23H,9-10,12-15H2,1H3,(H,21,22). The highest BCUT2D eigenvalue weighted by Gasteiger charge is 2.42. The lowest BCUT2D eigenvalue weighted by molar-refractivity contribution is -0.131. The van der Waals surface area contributed by atoms with Gasteiger partial charge in [0.25, 0.3) is 0 Å². The molecule has 2 heterocycles. The Balaban J connectivity index is 1.71. The minimum absolute atomic E-state index is 0.0540. The van der Waals surface area contributed by atoms with Crippen molar-refractivity contribution in [3.05, 3.63) is 60.1 Å². The minimum Gasteiger partial charge on any atom is -0.469 e. The van der Waals surface area contributed by atoms with Gasteiger partial charge in [-0.05, 0) is 37.5 Å². The van der Waals surface area contributed by atoms with Gasteiger partial charge in [-0.2, -0.15) is 0 Å². The lowest BCUT2D eigenvalue weighted by Crippen LogP contribution is -2.52. The van der Waals surface area contributed by atoms with E-state index < -0.39 is 11.0 Å². The molecule has 1 aromatic carbocycles. The number of nitrogens with one attached hydrogen (secondary N) is 1. The maximum atomic E-state index is 13.1. The van der Waals surface area contributed by atoms with Crippen molar-refractivity contribution in [1.82, 2.24) is 5.32 Å². The third kappa shape index (κ3) is 4.11.